The van der Waals surface area contributed by atoms with Crippen LogP contribution in [0.25, 0.3) is 0 Å². The molecule has 2 N–H and O–H groups in total. The Morgan fingerprint density at radius 1 is 0.871 bits per heavy atom. The largest absolute Gasteiger partial charge is 0.486 e. The number of fused-ring (bicyclic) bond motifs is 1. The van der Waals surface area contributed by atoms with Gasteiger partial charge in [-0.25, -0.2) is 8.42 Å². The molecule has 4 rings (SSSR count). The minimum atomic E-state index is -3.83. The lowest BCUT2D eigenvalue weighted by Gasteiger charge is -2.18. The van der Waals surface area contributed by atoms with Crippen LogP contribution in [0.4, 0.5) is 11.4 Å². The topological polar surface area (TPSA) is 93.7 Å². The molecule has 1 amide bonds. The quantitative estimate of drug-likeness (QED) is 0.625. The first-order chi connectivity index (χ1) is 14.8. The third-order valence-corrected chi connectivity index (χ3v) is 6.33. The summed E-state index contributed by atoms with van der Waals surface area (Å²) in [5.41, 5.74) is 2.74. The van der Waals surface area contributed by atoms with E-state index < -0.39 is 10.0 Å². The maximum atomic E-state index is 12.9. The van der Waals surface area contributed by atoms with Crippen LogP contribution in [0.5, 0.6) is 11.5 Å². The molecule has 0 spiro atoms. The summed E-state index contributed by atoms with van der Waals surface area (Å²) in [5, 5.41) is 2.75. The van der Waals surface area contributed by atoms with Crippen LogP contribution in [-0.4, -0.2) is 27.5 Å². The minimum absolute atomic E-state index is 0.0916. The molecule has 0 aromatic heterocycles. The van der Waals surface area contributed by atoms with Gasteiger partial charge in [0.25, 0.3) is 15.9 Å². The summed E-state index contributed by atoms with van der Waals surface area (Å²) in [7, 11) is -3.83. The van der Waals surface area contributed by atoms with Crippen LogP contribution in [0.1, 0.15) is 21.5 Å². The number of ether oxygens (including phenoxy) is 2. The van der Waals surface area contributed by atoms with Gasteiger partial charge in [0, 0.05) is 16.9 Å². The van der Waals surface area contributed by atoms with Crippen LogP contribution in [0.2, 0.25) is 0 Å². The summed E-state index contributed by atoms with van der Waals surface area (Å²) < 4.78 is 39.5. The van der Waals surface area contributed by atoms with Gasteiger partial charge in [0.15, 0.2) is 11.5 Å². The minimum Gasteiger partial charge on any atom is -0.486 e. The third kappa shape index (κ3) is 4.64. The van der Waals surface area contributed by atoms with Gasteiger partial charge in [-0.2, -0.15) is 0 Å². The maximum Gasteiger partial charge on any atom is 0.262 e. The van der Waals surface area contributed by atoms with Crippen molar-refractivity contribution in [3.63, 3.8) is 0 Å². The molecule has 0 saturated heterocycles. The Morgan fingerprint density at radius 2 is 1.65 bits per heavy atom. The molecule has 0 unspecified atom stereocenters. The molecule has 0 fully saturated rings. The van der Waals surface area contributed by atoms with Gasteiger partial charge in [-0.05, 0) is 67.4 Å². The fraction of sp³-hybridized carbons (Fsp3) is 0.174. The van der Waals surface area contributed by atoms with Gasteiger partial charge in [-0.15, -0.1) is 0 Å². The van der Waals surface area contributed by atoms with Crippen LogP contribution in [0, 0.1) is 13.8 Å². The number of rotatable bonds is 5. The van der Waals surface area contributed by atoms with Gasteiger partial charge in [0.2, 0.25) is 0 Å². The molecule has 3 aromatic rings. The molecular formula is C23H22N2O5S. The molecule has 160 valence electrons. The zero-order valence-electron chi connectivity index (χ0n) is 17.1. The first-order valence-electron chi connectivity index (χ1n) is 9.73. The summed E-state index contributed by atoms with van der Waals surface area (Å²) >= 11 is 0. The lowest BCUT2D eigenvalue weighted by molar-refractivity contribution is 0.102. The highest BCUT2D eigenvalue weighted by molar-refractivity contribution is 7.92. The SMILES string of the molecule is Cc1cccc(NS(=O)(=O)c2cc(NC(=O)c3ccc4c(c3)OCCO4)ccc2C)c1. The zero-order chi connectivity index (χ0) is 22.0. The van der Waals surface area contributed by atoms with E-state index in [-0.39, 0.29) is 10.8 Å². The van der Waals surface area contributed by atoms with E-state index >= 15 is 0 Å². The summed E-state index contributed by atoms with van der Waals surface area (Å²) in [4.78, 5) is 12.8. The molecule has 0 atom stereocenters. The number of carbonyl (C=O) groups excluding carboxylic acids is 1. The van der Waals surface area contributed by atoms with E-state index in [1.54, 1.807) is 55.5 Å². The molecule has 3 aromatic carbocycles. The Hall–Kier alpha value is -3.52. The number of aryl methyl sites for hydroxylation is 2. The van der Waals surface area contributed by atoms with Gasteiger partial charge < -0.3 is 14.8 Å². The highest BCUT2D eigenvalue weighted by Crippen LogP contribution is 2.31. The summed E-state index contributed by atoms with van der Waals surface area (Å²) in [6, 6.07) is 16.8. The van der Waals surface area contributed by atoms with Crippen molar-refractivity contribution < 1.29 is 22.7 Å². The Kier molecular flexibility index (Phi) is 5.56. The van der Waals surface area contributed by atoms with Crippen LogP contribution >= 0.6 is 0 Å². The zero-order valence-corrected chi connectivity index (χ0v) is 18.0. The predicted octanol–water partition coefficient (Wildman–Crippen LogP) is 4.13. The summed E-state index contributed by atoms with van der Waals surface area (Å²) in [5.74, 6) is 0.720. The van der Waals surface area contributed by atoms with Crippen molar-refractivity contribution >= 4 is 27.3 Å². The van der Waals surface area contributed by atoms with Gasteiger partial charge in [0.1, 0.15) is 13.2 Å². The molecule has 0 bridgehead atoms. The highest BCUT2D eigenvalue weighted by Gasteiger charge is 2.19. The first-order valence-corrected chi connectivity index (χ1v) is 11.2. The number of amides is 1. The Morgan fingerprint density at radius 3 is 2.42 bits per heavy atom. The monoisotopic (exact) mass is 438 g/mol. The Bertz CT molecular complexity index is 1250. The van der Waals surface area contributed by atoms with E-state index in [9.17, 15) is 13.2 Å². The third-order valence-electron chi connectivity index (χ3n) is 4.81. The standard InChI is InChI=1S/C23H22N2O5S/c1-15-4-3-5-19(12-15)25-31(27,28)22-14-18(8-6-16(22)2)24-23(26)17-7-9-20-21(13-17)30-11-10-29-20/h3-9,12-14,25H,10-11H2,1-2H3,(H,24,26). The molecule has 31 heavy (non-hydrogen) atoms. The number of hydrogen-bond donors (Lipinski definition) is 2. The molecule has 1 aliphatic heterocycles. The lowest BCUT2D eigenvalue weighted by atomic mass is 10.1. The Balaban J connectivity index is 1.57. The molecule has 8 heteroatoms. The van der Waals surface area contributed by atoms with Crippen molar-refractivity contribution in [2.24, 2.45) is 0 Å². The van der Waals surface area contributed by atoms with E-state index in [1.165, 1.54) is 6.07 Å². The molecule has 1 aliphatic rings. The van der Waals surface area contributed by atoms with E-state index in [0.717, 1.165) is 5.56 Å². The van der Waals surface area contributed by atoms with Gasteiger partial charge in [-0.1, -0.05) is 18.2 Å². The van der Waals surface area contributed by atoms with Crippen LogP contribution < -0.4 is 19.5 Å². The molecule has 7 nitrogen and oxygen atoms in total. The van der Waals surface area contributed by atoms with E-state index in [1.807, 2.05) is 13.0 Å². The van der Waals surface area contributed by atoms with E-state index in [0.29, 0.717) is 47.2 Å². The second kappa shape index (κ2) is 8.31. The number of anilines is 2. The average Bonchev–Trinajstić information content (AvgIpc) is 2.74. The molecule has 0 saturated carbocycles. The number of hydrogen-bond acceptors (Lipinski definition) is 5. The normalized spacial score (nSPS) is 12.8. The van der Waals surface area contributed by atoms with Gasteiger partial charge >= 0.3 is 0 Å². The number of nitrogens with one attached hydrogen (secondary N) is 2. The van der Waals surface area contributed by atoms with Crippen LogP contribution in [-0.2, 0) is 10.0 Å². The van der Waals surface area contributed by atoms with Crippen molar-refractivity contribution in [2.45, 2.75) is 18.7 Å². The van der Waals surface area contributed by atoms with Crippen molar-refractivity contribution in [2.75, 3.05) is 23.3 Å². The average molecular weight is 439 g/mol. The summed E-state index contributed by atoms with van der Waals surface area (Å²) in [6.45, 7) is 4.48. The van der Waals surface area contributed by atoms with Crippen molar-refractivity contribution in [1.29, 1.82) is 0 Å². The Labute approximate surface area is 181 Å². The molecule has 0 aliphatic carbocycles. The predicted molar refractivity (Wildman–Crippen MR) is 119 cm³/mol. The fourth-order valence-electron chi connectivity index (χ4n) is 3.27. The van der Waals surface area contributed by atoms with Crippen molar-refractivity contribution in [3.8, 4) is 11.5 Å². The molecular weight excluding hydrogens is 416 g/mol. The van der Waals surface area contributed by atoms with Crippen molar-refractivity contribution in [3.05, 3.63) is 77.4 Å². The number of sulfonamides is 1. The second-order valence-electron chi connectivity index (χ2n) is 7.27. The van der Waals surface area contributed by atoms with E-state index in [4.69, 9.17) is 9.47 Å². The van der Waals surface area contributed by atoms with Crippen LogP contribution in [0.15, 0.2) is 65.6 Å². The fourth-order valence-corrected chi connectivity index (χ4v) is 4.60. The lowest BCUT2D eigenvalue weighted by Crippen LogP contribution is -2.18. The maximum absolute atomic E-state index is 12.9. The second-order valence-corrected chi connectivity index (χ2v) is 8.92. The van der Waals surface area contributed by atoms with E-state index in [2.05, 4.69) is 10.0 Å². The first kappa shape index (κ1) is 20.7. The van der Waals surface area contributed by atoms with Gasteiger partial charge in [-0.3, -0.25) is 9.52 Å². The summed E-state index contributed by atoms with van der Waals surface area (Å²) in [6.07, 6.45) is 0. The smallest absolute Gasteiger partial charge is 0.262 e. The molecule has 1 heterocycles. The number of benzene rings is 3. The van der Waals surface area contributed by atoms with Crippen LogP contribution in [0.3, 0.4) is 0 Å². The van der Waals surface area contributed by atoms with Crippen molar-refractivity contribution in [1.82, 2.24) is 0 Å². The van der Waals surface area contributed by atoms with Gasteiger partial charge in [0.05, 0.1) is 4.90 Å². The molecule has 0 radical (unpaired) electrons. The highest BCUT2D eigenvalue weighted by atomic mass is 32.2. The number of carbonyl (C=O) groups is 1.